The first-order valence-electron chi connectivity index (χ1n) is 9.47. The molecular weight excluding hydrogens is 344 g/mol. The average molecular weight is 372 g/mol. The number of anilines is 2. The van der Waals surface area contributed by atoms with Crippen molar-refractivity contribution in [1.82, 2.24) is 10.2 Å². The minimum Gasteiger partial charge on any atom is -0.383 e. The smallest absolute Gasteiger partial charge is 0.273 e. The molecule has 0 bridgehead atoms. The second-order valence-electron chi connectivity index (χ2n) is 6.99. The highest BCUT2D eigenvalue weighted by Gasteiger charge is 2.39. The van der Waals surface area contributed by atoms with Crippen molar-refractivity contribution < 1.29 is 14.3 Å². The lowest BCUT2D eigenvalue weighted by atomic mass is 9.97. The molecule has 0 saturated heterocycles. The van der Waals surface area contributed by atoms with Gasteiger partial charge in [0, 0.05) is 32.5 Å². The third-order valence-corrected chi connectivity index (χ3v) is 5.39. The summed E-state index contributed by atoms with van der Waals surface area (Å²) < 4.78 is 5.06. The van der Waals surface area contributed by atoms with Gasteiger partial charge in [-0.1, -0.05) is 13.8 Å². The van der Waals surface area contributed by atoms with Gasteiger partial charge in [-0.3, -0.25) is 9.59 Å². The van der Waals surface area contributed by atoms with E-state index >= 15 is 0 Å². The number of hydrogen-bond acceptors (Lipinski definition) is 5. The molecule has 0 saturated carbocycles. The van der Waals surface area contributed by atoms with Crippen molar-refractivity contribution in [1.29, 1.82) is 0 Å². The highest BCUT2D eigenvalue weighted by Crippen LogP contribution is 2.40. The summed E-state index contributed by atoms with van der Waals surface area (Å²) in [4.78, 5) is 28.9. The summed E-state index contributed by atoms with van der Waals surface area (Å²) in [5, 5.41) is 6.29. The van der Waals surface area contributed by atoms with Gasteiger partial charge in [0.1, 0.15) is 11.9 Å². The number of nitrogens with zero attached hydrogens (tertiary/aromatic N) is 2. The Morgan fingerprint density at radius 2 is 2.07 bits per heavy atom. The summed E-state index contributed by atoms with van der Waals surface area (Å²) in [6.45, 7) is 5.33. The molecule has 7 nitrogen and oxygen atoms in total. The number of methoxy groups -OCH3 is 1. The number of carbonyl (C=O) groups excluding carboxylic acids is 2. The van der Waals surface area contributed by atoms with Crippen LogP contribution in [0.15, 0.2) is 30.1 Å². The Balaban J connectivity index is 1.95. The zero-order valence-electron chi connectivity index (χ0n) is 16.4. The number of likely N-dealkylation sites (N-methyl/N-ethyl adjacent to an activating group) is 1. The summed E-state index contributed by atoms with van der Waals surface area (Å²) in [5.74, 6) is 0.199. The van der Waals surface area contributed by atoms with Crippen molar-refractivity contribution in [3.05, 3.63) is 35.7 Å². The fraction of sp³-hybridized carbons (Fsp3) is 0.500. The largest absolute Gasteiger partial charge is 0.383 e. The third kappa shape index (κ3) is 3.51. The van der Waals surface area contributed by atoms with E-state index in [0.717, 1.165) is 24.2 Å². The highest BCUT2D eigenvalue weighted by molar-refractivity contribution is 6.13. The monoisotopic (exact) mass is 372 g/mol. The van der Waals surface area contributed by atoms with Crippen molar-refractivity contribution in [2.24, 2.45) is 5.92 Å². The van der Waals surface area contributed by atoms with Crippen LogP contribution in [0.1, 0.15) is 37.0 Å². The molecule has 0 fully saturated rings. The van der Waals surface area contributed by atoms with Gasteiger partial charge in [-0.2, -0.15) is 0 Å². The summed E-state index contributed by atoms with van der Waals surface area (Å²) in [6.07, 6.45) is 3.79. The van der Waals surface area contributed by atoms with Crippen LogP contribution in [0.4, 0.5) is 11.4 Å². The first-order valence-corrected chi connectivity index (χ1v) is 9.47. The molecule has 0 aliphatic carbocycles. The SMILES string of the molecule is CCC(CC)C1NC=C2C(=O)Nc3ccc(C(=O)N(C)CCOC)cc3N21. The lowest BCUT2D eigenvalue weighted by Gasteiger charge is -2.37. The first kappa shape index (κ1) is 19.2. The van der Waals surface area contributed by atoms with Crippen LogP contribution < -0.4 is 15.5 Å². The number of amides is 2. The Bertz CT molecular complexity index is 758. The van der Waals surface area contributed by atoms with E-state index < -0.39 is 0 Å². The van der Waals surface area contributed by atoms with Gasteiger partial charge in [0.15, 0.2) is 0 Å². The van der Waals surface area contributed by atoms with E-state index in [1.165, 1.54) is 0 Å². The Hall–Kier alpha value is -2.54. The van der Waals surface area contributed by atoms with Gasteiger partial charge in [-0.05, 0) is 37.0 Å². The number of rotatable bonds is 7. The molecule has 2 N–H and O–H groups in total. The number of carbonyl (C=O) groups is 2. The molecule has 2 aliphatic rings. The Morgan fingerprint density at radius 1 is 1.33 bits per heavy atom. The van der Waals surface area contributed by atoms with Crippen LogP contribution in [-0.2, 0) is 9.53 Å². The lowest BCUT2D eigenvalue weighted by molar-refractivity contribution is -0.113. The van der Waals surface area contributed by atoms with E-state index in [4.69, 9.17) is 4.74 Å². The molecule has 1 atom stereocenters. The van der Waals surface area contributed by atoms with Gasteiger partial charge >= 0.3 is 0 Å². The topological polar surface area (TPSA) is 73.9 Å². The van der Waals surface area contributed by atoms with Crippen LogP contribution in [0.3, 0.4) is 0 Å². The normalized spacial score (nSPS) is 17.8. The van der Waals surface area contributed by atoms with E-state index in [1.54, 1.807) is 31.3 Å². The van der Waals surface area contributed by atoms with Gasteiger partial charge in [0.05, 0.1) is 18.0 Å². The van der Waals surface area contributed by atoms with Crippen molar-refractivity contribution in [2.75, 3.05) is 37.5 Å². The van der Waals surface area contributed by atoms with E-state index in [9.17, 15) is 9.59 Å². The number of fused-ring (bicyclic) bond motifs is 3. The molecule has 1 aromatic rings. The maximum absolute atomic E-state index is 12.8. The molecule has 2 heterocycles. The van der Waals surface area contributed by atoms with Crippen molar-refractivity contribution >= 4 is 23.2 Å². The Kier molecular flexibility index (Phi) is 5.70. The Morgan fingerprint density at radius 3 is 2.74 bits per heavy atom. The van der Waals surface area contributed by atoms with Crippen LogP contribution >= 0.6 is 0 Å². The molecule has 3 rings (SSSR count). The molecule has 146 valence electrons. The Labute approximate surface area is 160 Å². The van der Waals surface area contributed by atoms with E-state index in [0.29, 0.717) is 30.3 Å². The predicted octanol–water partition coefficient (Wildman–Crippen LogP) is 2.37. The van der Waals surface area contributed by atoms with E-state index in [1.807, 2.05) is 17.0 Å². The van der Waals surface area contributed by atoms with Crippen molar-refractivity contribution in [2.45, 2.75) is 32.9 Å². The molecule has 2 amide bonds. The standard InChI is InChI=1S/C20H28N4O3/c1-5-13(6-2)18-21-12-17-19(25)22-15-8-7-14(11-16(15)24(17)18)20(26)23(3)9-10-27-4/h7-8,11-13,18,21H,5-6,9-10H2,1-4H3,(H,22,25). The molecule has 2 aliphatic heterocycles. The minimum absolute atomic E-state index is 0.0105. The molecule has 27 heavy (non-hydrogen) atoms. The molecule has 0 spiro atoms. The molecule has 7 heteroatoms. The highest BCUT2D eigenvalue weighted by atomic mass is 16.5. The molecular formula is C20H28N4O3. The summed E-state index contributed by atoms with van der Waals surface area (Å²) in [6, 6.07) is 5.44. The maximum Gasteiger partial charge on any atom is 0.273 e. The summed E-state index contributed by atoms with van der Waals surface area (Å²) >= 11 is 0. The minimum atomic E-state index is -0.125. The lowest BCUT2D eigenvalue weighted by Crippen LogP contribution is -2.46. The molecule has 1 aromatic carbocycles. The fourth-order valence-electron chi connectivity index (χ4n) is 3.70. The van der Waals surface area contributed by atoms with E-state index in [2.05, 4.69) is 24.5 Å². The van der Waals surface area contributed by atoms with Gasteiger partial charge in [0.25, 0.3) is 11.8 Å². The van der Waals surface area contributed by atoms with Crippen LogP contribution in [0.5, 0.6) is 0 Å². The molecule has 0 aromatic heterocycles. The van der Waals surface area contributed by atoms with Gasteiger partial charge in [-0.25, -0.2) is 0 Å². The quantitative estimate of drug-likeness (QED) is 0.769. The van der Waals surface area contributed by atoms with Gasteiger partial charge in [-0.15, -0.1) is 0 Å². The number of hydrogen-bond donors (Lipinski definition) is 2. The van der Waals surface area contributed by atoms with Crippen LogP contribution in [0.25, 0.3) is 0 Å². The second kappa shape index (κ2) is 8.00. The van der Waals surface area contributed by atoms with Crippen LogP contribution in [0.2, 0.25) is 0 Å². The summed E-state index contributed by atoms with van der Waals surface area (Å²) in [5.41, 5.74) is 2.77. The number of benzene rings is 1. The zero-order valence-corrected chi connectivity index (χ0v) is 16.4. The molecule has 1 unspecified atom stereocenters. The van der Waals surface area contributed by atoms with Gasteiger partial charge < -0.3 is 25.2 Å². The maximum atomic E-state index is 12.8. The second-order valence-corrected chi connectivity index (χ2v) is 6.99. The fourth-order valence-corrected chi connectivity index (χ4v) is 3.70. The first-order chi connectivity index (χ1) is 13.0. The zero-order chi connectivity index (χ0) is 19.6. The average Bonchev–Trinajstić information content (AvgIpc) is 3.12. The summed E-state index contributed by atoms with van der Waals surface area (Å²) in [7, 11) is 3.38. The van der Waals surface area contributed by atoms with Crippen LogP contribution in [-0.4, -0.2) is 50.2 Å². The molecule has 0 radical (unpaired) electrons. The number of nitrogens with one attached hydrogen (secondary N) is 2. The van der Waals surface area contributed by atoms with Crippen LogP contribution in [0, 0.1) is 5.92 Å². The predicted molar refractivity (Wildman–Crippen MR) is 105 cm³/mol. The third-order valence-electron chi connectivity index (χ3n) is 5.39. The van der Waals surface area contributed by atoms with Gasteiger partial charge in [0.2, 0.25) is 0 Å². The number of ether oxygens (including phenoxy) is 1. The van der Waals surface area contributed by atoms with Crippen molar-refractivity contribution in [3.8, 4) is 0 Å². The van der Waals surface area contributed by atoms with Crippen molar-refractivity contribution in [3.63, 3.8) is 0 Å². The van der Waals surface area contributed by atoms with E-state index in [-0.39, 0.29) is 18.0 Å².